The number of imide groups is 1. The first-order chi connectivity index (χ1) is 15.0. The molecular formula is C24H27N3O4. The van der Waals surface area contributed by atoms with Crippen molar-refractivity contribution >= 4 is 17.7 Å². The number of nitrogens with one attached hydrogen (secondary N) is 1. The van der Waals surface area contributed by atoms with Crippen LogP contribution in [0.25, 0.3) is 0 Å². The molecular weight excluding hydrogens is 394 g/mol. The summed E-state index contributed by atoms with van der Waals surface area (Å²) in [6, 6.07) is 9.43. The predicted molar refractivity (Wildman–Crippen MR) is 115 cm³/mol. The molecule has 0 radical (unpaired) electrons. The Kier molecular flexibility index (Phi) is 6.02. The molecule has 1 aliphatic carbocycles. The van der Waals surface area contributed by atoms with E-state index in [2.05, 4.69) is 10.3 Å². The quantitative estimate of drug-likeness (QED) is 0.693. The first kappa shape index (κ1) is 21.0. The van der Waals surface area contributed by atoms with Gasteiger partial charge >= 0.3 is 0 Å². The zero-order chi connectivity index (χ0) is 22.0. The molecule has 2 aromatic rings. The predicted octanol–water partition coefficient (Wildman–Crippen LogP) is 3.34. The first-order valence-corrected chi connectivity index (χ1v) is 10.8. The van der Waals surface area contributed by atoms with Crippen LogP contribution < -0.4 is 10.1 Å². The molecule has 1 N–H and O–H groups in total. The zero-order valence-electron chi connectivity index (χ0n) is 17.8. The summed E-state index contributed by atoms with van der Waals surface area (Å²) in [6.07, 6.45) is 6.16. The van der Waals surface area contributed by atoms with Crippen molar-refractivity contribution in [2.45, 2.75) is 58.2 Å². The van der Waals surface area contributed by atoms with Gasteiger partial charge in [-0.2, -0.15) is 0 Å². The highest BCUT2D eigenvalue weighted by atomic mass is 16.5. The second-order valence-electron chi connectivity index (χ2n) is 8.42. The topological polar surface area (TPSA) is 88.6 Å². The van der Waals surface area contributed by atoms with Crippen LogP contribution >= 0.6 is 0 Å². The van der Waals surface area contributed by atoms with Crippen LogP contribution in [-0.2, 0) is 11.3 Å². The van der Waals surface area contributed by atoms with Crippen molar-refractivity contribution in [1.29, 1.82) is 0 Å². The molecule has 7 heteroatoms. The Hall–Kier alpha value is -3.22. The highest BCUT2D eigenvalue weighted by molar-refractivity contribution is 6.22. The largest absolute Gasteiger partial charge is 0.474 e. The minimum atomic E-state index is -0.900. The van der Waals surface area contributed by atoms with E-state index in [9.17, 15) is 14.4 Å². The second-order valence-corrected chi connectivity index (χ2v) is 8.42. The smallest absolute Gasteiger partial charge is 0.262 e. The molecule has 7 nitrogen and oxygen atoms in total. The van der Waals surface area contributed by atoms with Crippen molar-refractivity contribution in [2.24, 2.45) is 5.92 Å². The molecule has 1 atom stereocenters. The summed E-state index contributed by atoms with van der Waals surface area (Å²) in [5, 5.41) is 2.89. The van der Waals surface area contributed by atoms with E-state index in [1.165, 1.54) is 0 Å². The fourth-order valence-electron chi connectivity index (χ4n) is 4.29. The van der Waals surface area contributed by atoms with Gasteiger partial charge in [0.2, 0.25) is 11.8 Å². The van der Waals surface area contributed by atoms with Crippen LogP contribution in [0, 0.1) is 5.92 Å². The van der Waals surface area contributed by atoms with Crippen molar-refractivity contribution < 1.29 is 19.1 Å². The molecule has 0 spiro atoms. The fraction of sp³-hybridized carbons (Fsp3) is 0.417. The van der Waals surface area contributed by atoms with E-state index < -0.39 is 17.9 Å². The van der Waals surface area contributed by atoms with Gasteiger partial charge in [0, 0.05) is 18.3 Å². The molecule has 2 heterocycles. The van der Waals surface area contributed by atoms with Crippen molar-refractivity contribution in [2.75, 3.05) is 0 Å². The van der Waals surface area contributed by atoms with Crippen LogP contribution in [0.1, 0.15) is 65.8 Å². The van der Waals surface area contributed by atoms with E-state index in [1.54, 1.807) is 36.5 Å². The molecule has 1 aromatic carbocycles. The summed E-state index contributed by atoms with van der Waals surface area (Å²) in [6.45, 7) is 3.86. The summed E-state index contributed by atoms with van der Waals surface area (Å²) in [5.74, 6) is -0.954. The maximum atomic E-state index is 13.1. The van der Waals surface area contributed by atoms with Crippen LogP contribution in [0.15, 0.2) is 42.6 Å². The van der Waals surface area contributed by atoms with Crippen LogP contribution in [0.2, 0.25) is 0 Å². The van der Waals surface area contributed by atoms with Gasteiger partial charge in [0.15, 0.2) is 0 Å². The van der Waals surface area contributed by atoms with Crippen molar-refractivity contribution in [3.05, 3.63) is 59.3 Å². The Morgan fingerprint density at radius 3 is 2.35 bits per heavy atom. The van der Waals surface area contributed by atoms with Crippen molar-refractivity contribution in [3.8, 4) is 5.88 Å². The fourth-order valence-corrected chi connectivity index (χ4v) is 4.29. The number of carbonyl (C=O) groups is 3. The highest BCUT2D eigenvalue weighted by Crippen LogP contribution is 2.28. The molecule has 1 fully saturated rings. The van der Waals surface area contributed by atoms with Crippen LogP contribution in [0.4, 0.5) is 0 Å². The van der Waals surface area contributed by atoms with E-state index >= 15 is 0 Å². The molecule has 1 saturated carbocycles. The number of nitrogens with zero attached hydrogens (tertiary/aromatic N) is 2. The zero-order valence-corrected chi connectivity index (χ0v) is 17.8. The lowest BCUT2D eigenvalue weighted by Crippen LogP contribution is -2.52. The van der Waals surface area contributed by atoms with Gasteiger partial charge in [-0.05, 0) is 49.8 Å². The Bertz CT molecular complexity index is 963. The average molecular weight is 421 g/mol. The van der Waals surface area contributed by atoms with Crippen molar-refractivity contribution in [1.82, 2.24) is 15.2 Å². The van der Waals surface area contributed by atoms with Gasteiger partial charge in [-0.25, -0.2) is 4.98 Å². The van der Waals surface area contributed by atoms with Crippen LogP contribution in [-0.4, -0.2) is 39.8 Å². The SMILES string of the molecule is CC(C)[C@@H](C(=O)NCc1cccnc1OC1CCCC1)N1C(=O)c2ccccc2C1=O. The van der Waals surface area contributed by atoms with Crippen molar-refractivity contribution in [3.63, 3.8) is 0 Å². The van der Waals surface area contributed by atoms with Gasteiger partial charge in [-0.15, -0.1) is 0 Å². The monoisotopic (exact) mass is 421 g/mol. The number of ether oxygens (including phenoxy) is 1. The Morgan fingerprint density at radius 2 is 1.74 bits per heavy atom. The maximum Gasteiger partial charge on any atom is 0.262 e. The third kappa shape index (κ3) is 4.17. The van der Waals surface area contributed by atoms with Gasteiger partial charge in [-0.1, -0.05) is 32.0 Å². The minimum absolute atomic E-state index is 0.158. The maximum absolute atomic E-state index is 13.1. The first-order valence-electron chi connectivity index (χ1n) is 10.8. The van der Waals surface area contributed by atoms with Gasteiger partial charge in [-0.3, -0.25) is 19.3 Å². The lowest BCUT2D eigenvalue weighted by Gasteiger charge is -2.28. The average Bonchev–Trinajstić information content (AvgIpc) is 3.36. The second kappa shape index (κ2) is 8.88. The third-order valence-electron chi connectivity index (χ3n) is 5.89. The number of fused-ring (bicyclic) bond motifs is 1. The lowest BCUT2D eigenvalue weighted by atomic mass is 10.0. The summed E-state index contributed by atoms with van der Waals surface area (Å²) >= 11 is 0. The Labute approximate surface area is 181 Å². The number of amides is 3. The molecule has 31 heavy (non-hydrogen) atoms. The van der Waals surface area contributed by atoms with Gasteiger partial charge in [0.05, 0.1) is 11.1 Å². The van der Waals surface area contributed by atoms with E-state index in [1.807, 2.05) is 19.9 Å². The summed E-state index contributed by atoms with van der Waals surface area (Å²) in [5.41, 5.74) is 1.45. The number of hydrogen-bond acceptors (Lipinski definition) is 5. The summed E-state index contributed by atoms with van der Waals surface area (Å²) in [7, 11) is 0. The summed E-state index contributed by atoms with van der Waals surface area (Å²) in [4.78, 5) is 44.3. The third-order valence-corrected chi connectivity index (χ3v) is 5.89. The molecule has 1 aromatic heterocycles. The highest BCUT2D eigenvalue weighted by Gasteiger charge is 2.43. The number of carbonyl (C=O) groups excluding carboxylic acids is 3. The van der Waals surface area contributed by atoms with Gasteiger partial charge in [0.25, 0.3) is 11.8 Å². The van der Waals surface area contributed by atoms with Crippen LogP contribution in [0.5, 0.6) is 5.88 Å². The van der Waals surface area contributed by atoms with E-state index in [-0.39, 0.29) is 24.5 Å². The Balaban J connectivity index is 1.49. The van der Waals surface area contributed by atoms with E-state index in [4.69, 9.17) is 4.74 Å². The number of benzene rings is 1. The molecule has 1 aliphatic heterocycles. The molecule has 0 unspecified atom stereocenters. The number of pyridine rings is 1. The molecule has 162 valence electrons. The molecule has 0 bridgehead atoms. The number of rotatable bonds is 7. The van der Waals surface area contributed by atoms with Gasteiger partial charge in [0.1, 0.15) is 12.1 Å². The van der Waals surface area contributed by atoms with E-state index in [0.29, 0.717) is 17.0 Å². The molecule has 3 amide bonds. The molecule has 4 rings (SSSR count). The standard InChI is InChI=1S/C24H27N3O4/c1-15(2)20(27-23(29)18-11-5-6-12-19(18)24(27)30)21(28)26-14-16-8-7-13-25-22(16)31-17-9-3-4-10-17/h5-8,11-13,15,17,20H,3-4,9-10,14H2,1-2H3,(H,26,28)/t20-/m0/s1. The molecule has 2 aliphatic rings. The normalized spacial score (nSPS) is 17.2. The number of hydrogen-bond donors (Lipinski definition) is 1. The summed E-state index contributed by atoms with van der Waals surface area (Å²) < 4.78 is 6.04. The molecule has 0 saturated heterocycles. The minimum Gasteiger partial charge on any atom is -0.474 e. The lowest BCUT2D eigenvalue weighted by molar-refractivity contribution is -0.126. The Morgan fingerprint density at radius 1 is 1.10 bits per heavy atom. The number of aromatic nitrogens is 1. The van der Waals surface area contributed by atoms with E-state index in [0.717, 1.165) is 36.1 Å². The van der Waals surface area contributed by atoms with Gasteiger partial charge < -0.3 is 10.1 Å². The van der Waals surface area contributed by atoms with Crippen LogP contribution in [0.3, 0.4) is 0 Å².